The van der Waals surface area contributed by atoms with Crippen molar-refractivity contribution in [3.05, 3.63) is 65.1 Å². The third kappa shape index (κ3) is 2.68. The van der Waals surface area contributed by atoms with Gasteiger partial charge in [-0.05, 0) is 68.7 Å². The quantitative estimate of drug-likeness (QED) is 0.711. The SMILES string of the molecule is Cc1cccc(NC(=O)C(C)(C)c2c[nH]c3ccc(F)cc23)c1C. The predicted octanol–water partition coefficient (Wildman–Crippen LogP) is 4.84. The number of benzene rings is 2. The zero-order valence-electron chi connectivity index (χ0n) is 14.3. The Bertz CT molecular complexity index is 925. The number of hydrogen-bond acceptors (Lipinski definition) is 1. The molecular formula is C20H21FN2O. The van der Waals surface area contributed by atoms with Crippen molar-refractivity contribution in [2.24, 2.45) is 0 Å². The lowest BCUT2D eigenvalue weighted by molar-refractivity contribution is -0.120. The Hall–Kier alpha value is -2.62. The van der Waals surface area contributed by atoms with Crippen LogP contribution in [0.2, 0.25) is 0 Å². The fourth-order valence-electron chi connectivity index (χ4n) is 2.90. The first-order valence-electron chi connectivity index (χ1n) is 7.95. The van der Waals surface area contributed by atoms with Crippen LogP contribution in [0.5, 0.6) is 0 Å². The molecule has 3 rings (SSSR count). The molecule has 0 radical (unpaired) electrons. The predicted molar refractivity (Wildman–Crippen MR) is 95.8 cm³/mol. The molecule has 1 amide bonds. The molecule has 0 atom stereocenters. The lowest BCUT2D eigenvalue weighted by Crippen LogP contribution is -2.34. The number of aryl methyl sites for hydroxylation is 1. The first-order valence-corrected chi connectivity index (χ1v) is 7.95. The molecule has 0 bridgehead atoms. The van der Waals surface area contributed by atoms with Gasteiger partial charge in [-0.3, -0.25) is 4.79 Å². The van der Waals surface area contributed by atoms with Crippen molar-refractivity contribution in [1.82, 2.24) is 4.98 Å². The Labute approximate surface area is 140 Å². The second-order valence-electron chi connectivity index (χ2n) is 6.72. The normalized spacial score (nSPS) is 11.7. The molecule has 2 aromatic carbocycles. The highest BCUT2D eigenvalue weighted by molar-refractivity contribution is 6.02. The minimum absolute atomic E-state index is 0.124. The number of halogens is 1. The second kappa shape index (κ2) is 5.78. The van der Waals surface area contributed by atoms with E-state index in [2.05, 4.69) is 10.3 Å². The maximum absolute atomic E-state index is 13.6. The molecule has 0 saturated heterocycles. The van der Waals surface area contributed by atoms with Gasteiger partial charge in [0.15, 0.2) is 0 Å². The van der Waals surface area contributed by atoms with Gasteiger partial charge in [0.25, 0.3) is 0 Å². The minimum Gasteiger partial charge on any atom is -0.361 e. The van der Waals surface area contributed by atoms with Crippen LogP contribution in [0.4, 0.5) is 10.1 Å². The summed E-state index contributed by atoms with van der Waals surface area (Å²) >= 11 is 0. The number of H-pyrrole nitrogens is 1. The van der Waals surface area contributed by atoms with Crippen LogP contribution in [0.15, 0.2) is 42.6 Å². The molecule has 24 heavy (non-hydrogen) atoms. The zero-order chi connectivity index (χ0) is 17.5. The van der Waals surface area contributed by atoms with Crippen LogP contribution in [0.25, 0.3) is 10.9 Å². The van der Waals surface area contributed by atoms with Gasteiger partial charge in [0.05, 0.1) is 5.41 Å². The summed E-state index contributed by atoms with van der Waals surface area (Å²) in [7, 11) is 0. The van der Waals surface area contributed by atoms with Gasteiger partial charge in [-0.1, -0.05) is 12.1 Å². The molecular weight excluding hydrogens is 303 g/mol. The van der Waals surface area contributed by atoms with Crippen LogP contribution in [0, 0.1) is 19.7 Å². The van der Waals surface area contributed by atoms with E-state index in [1.165, 1.54) is 12.1 Å². The molecule has 0 unspecified atom stereocenters. The van der Waals surface area contributed by atoms with E-state index < -0.39 is 5.41 Å². The average Bonchev–Trinajstić information content (AvgIpc) is 2.95. The molecule has 4 heteroatoms. The monoisotopic (exact) mass is 324 g/mol. The van der Waals surface area contributed by atoms with E-state index in [-0.39, 0.29) is 11.7 Å². The van der Waals surface area contributed by atoms with Gasteiger partial charge in [0.2, 0.25) is 5.91 Å². The Morgan fingerprint density at radius 1 is 1.17 bits per heavy atom. The van der Waals surface area contributed by atoms with Crippen LogP contribution < -0.4 is 5.32 Å². The third-order valence-electron chi connectivity index (χ3n) is 4.74. The van der Waals surface area contributed by atoms with Crippen LogP contribution in [0.1, 0.15) is 30.5 Å². The van der Waals surface area contributed by atoms with Crippen LogP contribution in [-0.2, 0) is 10.2 Å². The van der Waals surface area contributed by atoms with Gasteiger partial charge in [0, 0.05) is 22.8 Å². The summed E-state index contributed by atoms with van der Waals surface area (Å²) in [6.07, 6.45) is 1.78. The fraction of sp³-hybridized carbons (Fsp3) is 0.250. The van der Waals surface area contributed by atoms with Gasteiger partial charge in [0.1, 0.15) is 5.82 Å². The van der Waals surface area contributed by atoms with E-state index in [0.717, 1.165) is 33.3 Å². The Morgan fingerprint density at radius 3 is 2.67 bits per heavy atom. The molecule has 0 saturated carbocycles. The van der Waals surface area contributed by atoms with Gasteiger partial charge in [-0.25, -0.2) is 4.39 Å². The largest absolute Gasteiger partial charge is 0.361 e. The zero-order valence-corrected chi connectivity index (χ0v) is 14.3. The maximum Gasteiger partial charge on any atom is 0.234 e. The maximum atomic E-state index is 13.6. The first kappa shape index (κ1) is 16.2. The minimum atomic E-state index is -0.803. The summed E-state index contributed by atoms with van der Waals surface area (Å²) in [5.41, 5.74) is 3.77. The Morgan fingerprint density at radius 2 is 1.92 bits per heavy atom. The van der Waals surface area contributed by atoms with Crippen molar-refractivity contribution in [3.63, 3.8) is 0 Å². The Kier molecular flexibility index (Phi) is 3.91. The number of fused-ring (bicyclic) bond motifs is 1. The number of aromatic nitrogens is 1. The van der Waals surface area contributed by atoms with Crippen molar-refractivity contribution in [1.29, 1.82) is 0 Å². The number of rotatable bonds is 3. The molecule has 0 spiro atoms. The summed E-state index contributed by atoms with van der Waals surface area (Å²) in [5.74, 6) is -0.435. The van der Waals surface area contributed by atoms with Crippen LogP contribution in [0.3, 0.4) is 0 Å². The molecule has 124 valence electrons. The van der Waals surface area contributed by atoms with Crippen molar-refractivity contribution < 1.29 is 9.18 Å². The van der Waals surface area contributed by atoms with Crippen LogP contribution >= 0.6 is 0 Å². The molecule has 0 aliphatic carbocycles. The van der Waals surface area contributed by atoms with E-state index in [1.54, 1.807) is 12.3 Å². The lowest BCUT2D eigenvalue weighted by Gasteiger charge is -2.24. The molecule has 1 aromatic heterocycles. The topological polar surface area (TPSA) is 44.9 Å². The highest BCUT2D eigenvalue weighted by Crippen LogP contribution is 2.32. The molecule has 3 nitrogen and oxygen atoms in total. The summed E-state index contributed by atoms with van der Waals surface area (Å²) in [5, 5.41) is 3.74. The molecule has 0 aliphatic heterocycles. The summed E-state index contributed by atoms with van der Waals surface area (Å²) in [6, 6.07) is 10.4. The molecule has 1 heterocycles. The lowest BCUT2D eigenvalue weighted by atomic mass is 9.83. The highest BCUT2D eigenvalue weighted by Gasteiger charge is 2.32. The third-order valence-corrected chi connectivity index (χ3v) is 4.74. The molecule has 3 aromatic rings. The number of aromatic amines is 1. The number of carbonyl (C=O) groups excluding carboxylic acids is 1. The smallest absolute Gasteiger partial charge is 0.234 e. The van der Waals surface area contributed by atoms with E-state index in [4.69, 9.17) is 0 Å². The molecule has 2 N–H and O–H groups in total. The first-order chi connectivity index (χ1) is 11.3. The summed E-state index contributed by atoms with van der Waals surface area (Å²) in [6.45, 7) is 7.69. The van der Waals surface area contributed by atoms with E-state index in [1.807, 2.05) is 45.9 Å². The summed E-state index contributed by atoms with van der Waals surface area (Å²) < 4.78 is 13.6. The second-order valence-corrected chi connectivity index (χ2v) is 6.72. The van der Waals surface area contributed by atoms with E-state index in [9.17, 15) is 9.18 Å². The molecule has 0 aliphatic rings. The Balaban J connectivity index is 1.98. The van der Waals surface area contributed by atoms with Crippen molar-refractivity contribution in [3.8, 4) is 0 Å². The number of anilines is 1. The van der Waals surface area contributed by atoms with Gasteiger partial charge >= 0.3 is 0 Å². The highest BCUT2D eigenvalue weighted by atomic mass is 19.1. The number of hydrogen-bond donors (Lipinski definition) is 2. The standard InChI is InChI=1S/C20H21FN2O/c1-12-6-5-7-17(13(12)2)23-19(24)20(3,4)16-11-22-18-9-8-14(21)10-15(16)18/h5-11,22H,1-4H3,(H,23,24). The molecule has 0 fully saturated rings. The fourth-order valence-corrected chi connectivity index (χ4v) is 2.90. The number of nitrogens with one attached hydrogen (secondary N) is 2. The van der Waals surface area contributed by atoms with Crippen LogP contribution in [-0.4, -0.2) is 10.9 Å². The van der Waals surface area contributed by atoms with E-state index >= 15 is 0 Å². The van der Waals surface area contributed by atoms with Crippen molar-refractivity contribution in [2.45, 2.75) is 33.1 Å². The average molecular weight is 324 g/mol. The van der Waals surface area contributed by atoms with E-state index in [0.29, 0.717) is 0 Å². The van der Waals surface area contributed by atoms with Crippen molar-refractivity contribution >= 4 is 22.5 Å². The summed E-state index contributed by atoms with van der Waals surface area (Å²) in [4.78, 5) is 16.0. The van der Waals surface area contributed by atoms with Gasteiger partial charge < -0.3 is 10.3 Å². The van der Waals surface area contributed by atoms with Crippen molar-refractivity contribution in [2.75, 3.05) is 5.32 Å². The number of carbonyl (C=O) groups is 1. The van der Waals surface area contributed by atoms with Gasteiger partial charge in [-0.15, -0.1) is 0 Å². The number of amides is 1. The van der Waals surface area contributed by atoms with Gasteiger partial charge in [-0.2, -0.15) is 0 Å².